The number of piperidine rings is 2. The minimum absolute atomic E-state index is 0.0780. The van der Waals surface area contributed by atoms with E-state index < -0.39 is 5.72 Å². The molecule has 4 fully saturated rings. The van der Waals surface area contributed by atoms with Crippen LogP contribution in [0, 0.1) is 11.8 Å². The Morgan fingerprint density at radius 2 is 2.28 bits per heavy atom. The van der Waals surface area contributed by atoms with Gasteiger partial charge in [0.1, 0.15) is 6.23 Å². The van der Waals surface area contributed by atoms with Gasteiger partial charge in [0.25, 0.3) is 0 Å². The largest absolute Gasteiger partial charge is 0.469 e. The number of nitrogens with one attached hydrogen (secondary N) is 1. The van der Waals surface area contributed by atoms with Gasteiger partial charge in [-0.2, -0.15) is 0 Å². The summed E-state index contributed by atoms with van der Waals surface area (Å²) in [7, 11) is 1.52. The molecule has 1 aromatic rings. The summed E-state index contributed by atoms with van der Waals surface area (Å²) < 4.78 is 12.0. The van der Waals surface area contributed by atoms with Crippen LogP contribution in [0.25, 0.3) is 0 Å². The zero-order valence-corrected chi connectivity index (χ0v) is 14.5. The van der Waals surface area contributed by atoms with E-state index in [2.05, 4.69) is 47.5 Å². The topological polar surface area (TPSA) is 50.8 Å². The number of carbonyl (C=O) groups excluding carboxylic acids is 1. The van der Waals surface area contributed by atoms with Crippen LogP contribution in [0.4, 0.5) is 5.69 Å². The molecule has 4 aliphatic heterocycles. The van der Waals surface area contributed by atoms with Crippen molar-refractivity contribution in [2.24, 2.45) is 11.8 Å². The molecule has 25 heavy (non-hydrogen) atoms. The second-order valence-corrected chi connectivity index (χ2v) is 8.05. The molecule has 5 heteroatoms. The minimum atomic E-state index is -0.490. The zero-order chi connectivity index (χ0) is 17.0. The summed E-state index contributed by atoms with van der Waals surface area (Å²) in [5, 5.41) is 3.73. The van der Waals surface area contributed by atoms with Crippen LogP contribution >= 0.6 is 0 Å². The molecule has 1 saturated carbocycles. The summed E-state index contributed by atoms with van der Waals surface area (Å²) in [6.45, 7) is 2.99. The lowest BCUT2D eigenvalue weighted by Crippen LogP contribution is -2.73. The molecule has 1 N–H and O–H groups in total. The molecule has 0 radical (unpaired) electrons. The van der Waals surface area contributed by atoms with E-state index in [-0.39, 0.29) is 29.4 Å². The highest BCUT2D eigenvalue weighted by atomic mass is 16.6. The van der Waals surface area contributed by atoms with Crippen molar-refractivity contribution in [1.29, 1.82) is 0 Å². The average Bonchev–Trinajstić information content (AvgIpc) is 3.22. The van der Waals surface area contributed by atoms with Gasteiger partial charge in [-0.05, 0) is 30.9 Å². The molecule has 6 rings (SSSR count). The fourth-order valence-electron chi connectivity index (χ4n) is 6.75. The Morgan fingerprint density at radius 3 is 3.08 bits per heavy atom. The zero-order valence-electron chi connectivity index (χ0n) is 14.5. The van der Waals surface area contributed by atoms with Crippen molar-refractivity contribution in [2.75, 3.05) is 19.0 Å². The van der Waals surface area contributed by atoms with Crippen molar-refractivity contribution in [2.45, 2.75) is 43.2 Å². The highest BCUT2D eigenvalue weighted by molar-refractivity contribution is 5.81. The quantitative estimate of drug-likeness (QED) is 0.629. The normalized spacial score (nSPS) is 46.9. The number of benzene rings is 1. The predicted molar refractivity (Wildman–Crippen MR) is 91.8 cm³/mol. The van der Waals surface area contributed by atoms with E-state index in [1.807, 2.05) is 0 Å². The van der Waals surface area contributed by atoms with Gasteiger partial charge >= 0.3 is 5.97 Å². The van der Waals surface area contributed by atoms with Crippen molar-refractivity contribution >= 4 is 11.7 Å². The van der Waals surface area contributed by atoms with Gasteiger partial charge in [-0.3, -0.25) is 9.69 Å². The molecule has 4 heterocycles. The van der Waals surface area contributed by atoms with E-state index in [1.165, 1.54) is 18.2 Å². The Hall–Kier alpha value is -1.85. The lowest BCUT2D eigenvalue weighted by molar-refractivity contribution is -0.161. The van der Waals surface area contributed by atoms with Gasteiger partial charge in [-0.1, -0.05) is 29.8 Å². The summed E-state index contributed by atoms with van der Waals surface area (Å²) in [5.41, 5.74) is 2.89. The number of esters is 1. The Morgan fingerprint density at radius 1 is 1.44 bits per heavy atom. The maximum absolute atomic E-state index is 13.1. The number of allylic oxidation sites excluding steroid dienone is 1. The summed E-state index contributed by atoms with van der Waals surface area (Å²) >= 11 is 0. The summed E-state index contributed by atoms with van der Waals surface area (Å²) in [6, 6.07) is 8.74. The molecule has 4 bridgehead atoms. The molecule has 0 aromatic heterocycles. The van der Waals surface area contributed by atoms with Gasteiger partial charge in [0.15, 0.2) is 5.72 Å². The van der Waals surface area contributed by atoms with Crippen molar-refractivity contribution in [1.82, 2.24) is 4.90 Å². The summed E-state index contributed by atoms with van der Waals surface area (Å²) in [4.78, 5) is 15.6. The van der Waals surface area contributed by atoms with E-state index in [1.54, 1.807) is 0 Å². The van der Waals surface area contributed by atoms with Crippen LogP contribution in [0.2, 0.25) is 0 Å². The molecule has 0 amide bonds. The molecule has 1 aromatic carbocycles. The van der Waals surface area contributed by atoms with Crippen LogP contribution in [0.3, 0.4) is 0 Å². The third kappa shape index (κ3) is 1.30. The first-order chi connectivity index (χ1) is 12.2. The van der Waals surface area contributed by atoms with Crippen molar-refractivity contribution in [3.8, 4) is 0 Å². The molecule has 1 spiro atoms. The number of hydrogen-bond acceptors (Lipinski definition) is 5. The second-order valence-electron chi connectivity index (χ2n) is 8.05. The van der Waals surface area contributed by atoms with Gasteiger partial charge in [-0.15, -0.1) is 0 Å². The summed E-state index contributed by atoms with van der Waals surface area (Å²) in [6.07, 6.45) is 4.10. The SMILES string of the molecule is C/C=C1\CN2[C@@H]3C[C@@]45c6ccccc6N[C@]4(O3)[C@@H]2C[C@H]1C5C(=O)OC. The van der Waals surface area contributed by atoms with E-state index in [4.69, 9.17) is 9.47 Å². The first kappa shape index (κ1) is 14.3. The Bertz CT molecular complexity index is 836. The monoisotopic (exact) mass is 338 g/mol. The molecule has 5 nitrogen and oxygen atoms in total. The number of rotatable bonds is 1. The molecule has 1 unspecified atom stereocenters. The second kappa shape index (κ2) is 4.27. The molecule has 6 atom stereocenters. The van der Waals surface area contributed by atoms with Crippen LogP contribution in [-0.2, 0) is 19.7 Å². The molecular formula is C20H22N2O3. The number of carbonyl (C=O) groups is 1. The van der Waals surface area contributed by atoms with E-state index in [9.17, 15) is 4.79 Å². The highest BCUT2D eigenvalue weighted by Crippen LogP contribution is 2.72. The number of anilines is 1. The standard InChI is InChI=1S/C20H22N2O3/c1-3-11-10-22-15-8-12(11)17(18(23)24-2)19-9-16(22)25-20(15,19)21-14-7-5-4-6-13(14)19/h3-7,12,15-17,21H,8-10H2,1-2H3/b11-3+/t12-,15+,16+,17?,19+,20+/m1/s1. The molecular weight excluding hydrogens is 316 g/mol. The first-order valence-electron chi connectivity index (χ1n) is 9.20. The molecule has 3 saturated heterocycles. The maximum atomic E-state index is 13.1. The van der Waals surface area contributed by atoms with Crippen molar-refractivity contribution < 1.29 is 14.3 Å². The Labute approximate surface area is 147 Å². The van der Waals surface area contributed by atoms with Crippen LogP contribution in [0.5, 0.6) is 0 Å². The van der Waals surface area contributed by atoms with E-state index in [0.717, 1.165) is 25.1 Å². The van der Waals surface area contributed by atoms with Crippen LogP contribution in [0.1, 0.15) is 25.3 Å². The number of ether oxygens (including phenoxy) is 2. The van der Waals surface area contributed by atoms with E-state index in [0.29, 0.717) is 6.04 Å². The van der Waals surface area contributed by atoms with Crippen LogP contribution < -0.4 is 5.32 Å². The summed E-state index contributed by atoms with van der Waals surface area (Å²) in [5.74, 6) is -0.0451. The van der Waals surface area contributed by atoms with Gasteiger partial charge in [0.05, 0.1) is 24.5 Å². The molecule has 5 aliphatic rings. The number of methoxy groups -OCH3 is 1. The highest BCUT2D eigenvalue weighted by Gasteiger charge is 2.82. The third-order valence-corrected chi connectivity index (χ3v) is 7.53. The van der Waals surface area contributed by atoms with Crippen LogP contribution in [0.15, 0.2) is 35.9 Å². The van der Waals surface area contributed by atoms with Gasteiger partial charge in [0.2, 0.25) is 0 Å². The molecule has 1 aliphatic carbocycles. The first-order valence-corrected chi connectivity index (χ1v) is 9.20. The third-order valence-electron chi connectivity index (χ3n) is 7.53. The lowest BCUT2D eigenvalue weighted by atomic mass is 9.49. The number of fused-ring (bicyclic) bond motifs is 4. The van der Waals surface area contributed by atoms with Gasteiger partial charge < -0.3 is 14.8 Å². The van der Waals surface area contributed by atoms with Gasteiger partial charge in [0, 0.05) is 18.7 Å². The maximum Gasteiger partial charge on any atom is 0.310 e. The van der Waals surface area contributed by atoms with Crippen molar-refractivity contribution in [3.63, 3.8) is 0 Å². The fraction of sp³-hybridized carbons (Fsp3) is 0.550. The molecule has 130 valence electrons. The lowest BCUT2D eigenvalue weighted by Gasteiger charge is -2.60. The number of hydrogen-bond donors (Lipinski definition) is 1. The Kier molecular flexibility index (Phi) is 2.45. The fourth-order valence-corrected chi connectivity index (χ4v) is 6.75. The number of nitrogens with zero attached hydrogens (tertiary/aromatic N) is 1. The number of para-hydroxylation sites is 1. The smallest absolute Gasteiger partial charge is 0.310 e. The van der Waals surface area contributed by atoms with Crippen LogP contribution in [-0.4, -0.2) is 42.5 Å². The average molecular weight is 338 g/mol. The Balaban J connectivity index is 1.67. The van der Waals surface area contributed by atoms with Crippen molar-refractivity contribution in [3.05, 3.63) is 41.5 Å². The minimum Gasteiger partial charge on any atom is -0.469 e. The van der Waals surface area contributed by atoms with Gasteiger partial charge in [-0.25, -0.2) is 0 Å². The van der Waals surface area contributed by atoms with E-state index >= 15 is 0 Å². The predicted octanol–water partition coefficient (Wildman–Crippen LogP) is 2.25.